The van der Waals surface area contributed by atoms with E-state index in [4.69, 9.17) is 14.2 Å². The van der Waals surface area contributed by atoms with E-state index in [0.29, 0.717) is 5.69 Å². The molecule has 1 aromatic rings. The van der Waals surface area contributed by atoms with Gasteiger partial charge in [0, 0.05) is 17.8 Å². The normalized spacial score (nSPS) is 27.8. The van der Waals surface area contributed by atoms with Gasteiger partial charge in [-0.05, 0) is 38.3 Å². The minimum absolute atomic E-state index is 0.0172. The Morgan fingerprint density at radius 2 is 1.73 bits per heavy atom. The lowest BCUT2D eigenvalue weighted by atomic mass is 9.71. The number of Topliss-reactive ketones (excluding diaryl/α,β-unsaturated/α-hetero) is 1. The summed E-state index contributed by atoms with van der Waals surface area (Å²) in [5.41, 5.74) is -1.01. The first-order valence-electron chi connectivity index (χ1n) is 10.2. The zero-order valence-corrected chi connectivity index (χ0v) is 17.3. The number of rotatable bonds is 4. The summed E-state index contributed by atoms with van der Waals surface area (Å²) in [6.07, 6.45) is -0.342. The third-order valence-corrected chi connectivity index (χ3v) is 6.83. The molecule has 0 saturated heterocycles. The van der Waals surface area contributed by atoms with E-state index in [1.165, 1.54) is 12.0 Å². The number of carbonyl (C=O) groups is 4. The fraction of sp³-hybridized carbons (Fsp3) is 0.545. The van der Waals surface area contributed by atoms with Crippen LogP contribution in [-0.4, -0.2) is 50.2 Å². The molecule has 4 rings (SSSR count). The van der Waals surface area contributed by atoms with E-state index in [0.717, 1.165) is 5.56 Å². The molecule has 2 saturated carbocycles. The van der Waals surface area contributed by atoms with Crippen LogP contribution < -0.4 is 4.90 Å². The standard InChI is InChI=1S/C22H25NO7/c1-4-29-18(25)21(19(26)30-5-2)11-14-16(24)10-17-22(14,12-21)13-8-6-7-9-15(13)23(17)20(27)28-3/h6-9,14,17H,4-5,10-12H2,1-3H3/t14-,17-,22+/m0/s1. The molecule has 1 spiro atoms. The van der Waals surface area contributed by atoms with E-state index in [9.17, 15) is 19.2 Å². The predicted octanol–water partition coefficient (Wildman–Crippen LogP) is 2.37. The highest BCUT2D eigenvalue weighted by Crippen LogP contribution is 2.67. The van der Waals surface area contributed by atoms with E-state index in [-0.39, 0.29) is 38.3 Å². The summed E-state index contributed by atoms with van der Waals surface area (Å²) in [7, 11) is 1.29. The number of hydrogen-bond acceptors (Lipinski definition) is 7. The number of carbonyl (C=O) groups excluding carboxylic acids is 4. The molecule has 0 unspecified atom stereocenters. The SMILES string of the molecule is CCOC(=O)C1(C(=O)OCC)C[C@H]2C(=O)C[C@@H]3N(C(=O)OC)c4ccccc4[C@@]32C1. The highest BCUT2D eigenvalue weighted by Gasteiger charge is 2.74. The lowest BCUT2D eigenvalue weighted by molar-refractivity contribution is -0.172. The lowest BCUT2D eigenvalue weighted by Crippen LogP contribution is -2.47. The topological polar surface area (TPSA) is 99.2 Å². The van der Waals surface area contributed by atoms with Gasteiger partial charge in [-0.15, -0.1) is 0 Å². The number of ketones is 1. The Hall–Kier alpha value is -2.90. The molecule has 0 bridgehead atoms. The summed E-state index contributed by atoms with van der Waals surface area (Å²) in [5, 5.41) is 0. The summed E-state index contributed by atoms with van der Waals surface area (Å²) in [5.74, 6) is -2.01. The van der Waals surface area contributed by atoms with Crippen LogP contribution in [0.15, 0.2) is 24.3 Å². The maximum absolute atomic E-state index is 13.1. The molecule has 3 atom stereocenters. The molecule has 1 aliphatic heterocycles. The van der Waals surface area contributed by atoms with Crippen molar-refractivity contribution in [2.75, 3.05) is 25.2 Å². The molecule has 0 radical (unpaired) electrons. The molecule has 160 valence electrons. The summed E-state index contributed by atoms with van der Waals surface area (Å²) < 4.78 is 15.5. The Morgan fingerprint density at radius 3 is 2.33 bits per heavy atom. The highest BCUT2D eigenvalue weighted by molar-refractivity contribution is 6.05. The first kappa shape index (κ1) is 20.4. The lowest BCUT2D eigenvalue weighted by Gasteiger charge is -2.33. The zero-order valence-electron chi connectivity index (χ0n) is 17.3. The molecule has 8 heteroatoms. The van der Waals surface area contributed by atoms with Gasteiger partial charge in [0.25, 0.3) is 0 Å². The largest absolute Gasteiger partial charge is 0.465 e. The average Bonchev–Trinajstić information content (AvgIpc) is 3.32. The van der Waals surface area contributed by atoms with Gasteiger partial charge in [-0.1, -0.05) is 18.2 Å². The third-order valence-electron chi connectivity index (χ3n) is 6.83. The van der Waals surface area contributed by atoms with Crippen LogP contribution in [-0.2, 0) is 34.0 Å². The van der Waals surface area contributed by atoms with Crippen LogP contribution in [0.2, 0.25) is 0 Å². The van der Waals surface area contributed by atoms with Gasteiger partial charge < -0.3 is 14.2 Å². The number of amides is 1. The molecule has 0 N–H and O–H groups in total. The number of hydrogen-bond donors (Lipinski definition) is 0. The van der Waals surface area contributed by atoms with Crippen LogP contribution in [0.25, 0.3) is 0 Å². The molecule has 0 aromatic heterocycles. The quantitative estimate of drug-likeness (QED) is 0.423. The number of para-hydroxylation sites is 1. The Balaban J connectivity index is 1.89. The van der Waals surface area contributed by atoms with Crippen molar-refractivity contribution >= 4 is 29.5 Å². The van der Waals surface area contributed by atoms with Crippen molar-refractivity contribution in [1.29, 1.82) is 0 Å². The summed E-state index contributed by atoms with van der Waals surface area (Å²) in [4.78, 5) is 53.4. The number of nitrogens with zero attached hydrogens (tertiary/aromatic N) is 1. The molecule has 2 aliphatic carbocycles. The van der Waals surface area contributed by atoms with Crippen molar-refractivity contribution in [1.82, 2.24) is 0 Å². The first-order chi connectivity index (χ1) is 14.4. The van der Waals surface area contributed by atoms with Gasteiger partial charge in [0.2, 0.25) is 0 Å². The molecule has 8 nitrogen and oxygen atoms in total. The van der Waals surface area contributed by atoms with E-state index < -0.39 is 40.8 Å². The van der Waals surface area contributed by atoms with Crippen LogP contribution in [0, 0.1) is 11.3 Å². The minimum atomic E-state index is -1.58. The smallest absolute Gasteiger partial charge is 0.414 e. The van der Waals surface area contributed by atoms with E-state index in [2.05, 4.69) is 0 Å². The van der Waals surface area contributed by atoms with Gasteiger partial charge >= 0.3 is 18.0 Å². The van der Waals surface area contributed by atoms with Gasteiger partial charge in [-0.3, -0.25) is 19.3 Å². The Labute approximate surface area is 174 Å². The Kier molecular flexibility index (Phi) is 4.83. The van der Waals surface area contributed by atoms with Gasteiger partial charge in [-0.2, -0.15) is 0 Å². The highest BCUT2D eigenvalue weighted by atomic mass is 16.6. The van der Waals surface area contributed by atoms with Crippen molar-refractivity contribution < 1.29 is 33.4 Å². The summed E-state index contributed by atoms with van der Waals surface area (Å²) in [6.45, 7) is 3.56. The van der Waals surface area contributed by atoms with E-state index in [1.54, 1.807) is 19.9 Å². The number of anilines is 1. The minimum Gasteiger partial charge on any atom is -0.465 e. The molecule has 3 aliphatic rings. The zero-order chi connectivity index (χ0) is 21.7. The number of ether oxygens (including phenoxy) is 3. The predicted molar refractivity (Wildman–Crippen MR) is 105 cm³/mol. The van der Waals surface area contributed by atoms with Gasteiger partial charge in [0.1, 0.15) is 5.78 Å². The monoisotopic (exact) mass is 415 g/mol. The van der Waals surface area contributed by atoms with Crippen LogP contribution in [0.5, 0.6) is 0 Å². The first-order valence-corrected chi connectivity index (χ1v) is 10.2. The molecule has 1 amide bonds. The summed E-state index contributed by atoms with van der Waals surface area (Å²) in [6, 6.07) is 6.78. The van der Waals surface area contributed by atoms with Gasteiger partial charge in [0.15, 0.2) is 5.41 Å². The molecule has 2 fully saturated rings. The van der Waals surface area contributed by atoms with Crippen molar-refractivity contribution in [2.24, 2.45) is 11.3 Å². The average molecular weight is 415 g/mol. The molecular formula is C22H25NO7. The number of benzene rings is 1. The van der Waals surface area contributed by atoms with Crippen molar-refractivity contribution in [3.63, 3.8) is 0 Å². The molecular weight excluding hydrogens is 390 g/mol. The summed E-state index contributed by atoms with van der Waals surface area (Å²) >= 11 is 0. The maximum atomic E-state index is 13.1. The molecule has 1 heterocycles. The Bertz CT molecular complexity index is 908. The number of esters is 2. The molecule has 30 heavy (non-hydrogen) atoms. The third kappa shape index (κ3) is 2.45. The van der Waals surface area contributed by atoms with Gasteiger partial charge in [0.05, 0.1) is 32.1 Å². The van der Waals surface area contributed by atoms with Crippen LogP contribution in [0.4, 0.5) is 10.5 Å². The maximum Gasteiger partial charge on any atom is 0.414 e. The fourth-order valence-corrected chi connectivity index (χ4v) is 5.78. The van der Waals surface area contributed by atoms with Crippen LogP contribution in [0.3, 0.4) is 0 Å². The van der Waals surface area contributed by atoms with Crippen LogP contribution in [0.1, 0.15) is 38.7 Å². The number of methoxy groups -OCH3 is 1. The van der Waals surface area contributed by atoms with E-state index in [1.807, 2.05) is 18.2 Å². The van der Waals surface area contributed by atoms with Crippen molar-refractivity contribution in [3.05, 3.63) is 29.8 Å². The number of fused-ring (bicyclic) bond motifs is 1. The van der Waals surface area contributed by atoms with Crippen LogP contribution >= 0.6 is 0 Å². The van der Waals surface area contributed by atoms with Gasteiger partial charge in [-0.25, -0.2) is 4.79 Å². The fourth-order valence-electron chi connectivity index (χ4n) is 5.78. The van der Waals surface area contributed by atoms with Crippen molar-refractivity contribution in [3.8, 4) is 0 Å². The second-order valence-corrected chi connectivity index (χ2v) is 8.04. The Morgan fingerprint density at radius 1 is 1.10 bits per heavy atom. The van der Waals surface area contributed by atoms with E-state index >= 15 is 0 Å². The second kappa shape index (κ2) is 7.11. The van der Waals surface area contributed by atoms with Crippen molar-refractivity contribution in [2.45, 2.75) is 44.6 Å². The molecule has 1 aromatic carbocycles. The second-order valence-electron chi connectivity index (χ2n) is 8.04.